The van der Waals surface area contributed by atoms with E-state index in [9.17, 15) is 0 Å². The fourth-order valence-corrected chi connectivity index (χ4v) is 3.97. The number of fused-ring (bicyclic) bond motifs is 1. The molecule has 1 heterocycles. The van der Waals surface area contributed by atoms with Gasteiger partial charge in [0.25, 0.3) is 0 Å². The fourth-order valence-electron chi connectivity index (χ4n) is 3.70. The van der Waals surface area contributed by atoms with Gasteiger partial charge in [-0.05, 0) is 87.8 Å². The van der Waals surface area contributed by atoms with E-state index in [1.165, 1.54) is 81.4 Å². The summed E-state index contributed by atoms with van der Waals surface area (Å²) in [5.74, 6) is 0. The number of anilines is 1. The van der Waals surface area contributed by atoms with Crippen LogP contribution < -0.4 is 5.32 Å². The molecule has 1 fully saturated rings. The molecular weight excluding hydrogens is 280 g/mol. The Hall–Kier alpha value is -0.730. The van der Waals surface area contributed by atoms with E-state index in [2.05, 4.69) is 22.3 Å². The standard InChI is InChI=1S/C18H27ClN2/c19-17-9-10-18(16-8-3-2-7-15(16)17)20-11-6-14-21-12-4-1-5-13-21/h9-10,20H,1-8,11-14H2. The number of hydrogen-bond acceptors (Lipinski definition) is 2. The van der Waals surface area contributed by atoms with Gasteiger partial charge in [0, 0.05) is 17.3 Å². The highest BCUT2D eigenvalue weighted by atomic mass is 35.5. The van der Waals surface area contributed by atoms with Crippen molar-refractivity contribution >= 4 is 17.3 Å². The minimum Gasteiger partial charge on any atom is -0.385 e. The van der Waals surface area contributed by atoms with Crippen molar-refractivity contribution in [2.45, 2.75) is 51.4 Å². The molecule has 1 saturated heterocycles. The van der Waals surface area contributed by atoms with Crippen molar-refractivity contribution in [1.29, 1.82) is 0 Å². The maximum atomic E-state index is 6.34. The number of nitrogens with one attached hydrogen (secondary N) is 1. The first-order valence-corrected chi connectivity index (χ1v) is 8.99. The van der Waals surface area contributed by atoms with Gasteiger partial charge in [-0.15, -0.1) is 0 Å². The number of rotatable bonds is 5. The number of likely N-dealkylation sites (tertiary alicyclic amines) is 1. The molecule has 0 atom stereocenters. The lowest BCUT2D eigenvalue weighted by atomic mass is 9.90. The van der Waals surface area contributed by atoms with Crippen molar-refractivity contribution in [2.75, 3.05) is 31.5 Å². The minimum atomic E-state index is 0.962. The zero-order valence-corrected chi connectivity index (χ0v) is 13.7. The number of nitrogens with zero attached hydrogens (tertiary/aromatic N) is 1. The van der Waals surface area contributed by atoms with Gasteiger partial charge in [-0.3, -0.25) is 0 Å². The van der Waals surface area contributed by atoms with Crippen molar-refractivity contribution in [3.05, 3.63) is 28.3 Å². The molecule has 3 rings (SSSR count). The highest BCUT2D eigenvalue weighted by Crippen LogP contribution is 2.33. The van der Waals surface area contributed by atoms with E-state index in [-0.39, 0.29) is 0 Å². The van der Waals surface area contributed by atoms with Crippen LogP contribution in [-0.2, 0) is 12.8 Å². The van der Waals surface area contributed by atoms with Crippen LogP contribution in [-0.4, -0.2) is 31.1 Å². The Morgan fingerprint density at radius 1 is 0.952 bits per heavy atom. The predicted molar refractivity (Wildman–Crippen MR) is 91.5 cm³/mol. The molecule has 3 heteroatoms. The van der Waals surface area contributed by atoms with Gasteiger partial charge in [-0.2, -0.15) is 0 Å². The van der Waals surface area contributed by atoms with Crippen molar-refractivity contribution in [3.8, 4) is 0 Å². The lowest BCUT2D eigenvalue weighted by Crippen LogP contribution is -2.31. The molecule has 1 aliphatic carbocycles. The van der Waals surface area contributed by atoms with E-state index in [4.69, 9.17) is 11.6 Å². The van der Waals surface area contributed by atoms with Crippen LogP contribution in [0.5, 0.6) is 0 Å². The van der Waals surface area contributed by atoms with Gasteiger partial charge in [-0.25, -0.2) is 0 Å². The van der Waals surface area contributed by atoms with Crippen LogP contribution in [0, 0.1) is 0 Å². The average Bonchev–Trinajstić information content (AvgIpc) is 2.55. The summed E-state index contributed by atoms with van der Waals surface area (Å²) >= 11 is 6.34. The molecule has 2 nitrogen and oxygen atoms in total. The zero-order valence-electron chi connectivity index (χ0n) is 13.0. The van der Waals surface area contributed by atoms with Gasteiger partial charge in [-0.1, -0.05) is 18.0 Å². The average molecular weight is 307 g/mol. The van der Waals surface area contributed by atoms with Gasteiger partial charge in [0.05, 0.1) is 0 Å². The van der Waals surface area contributed by atoms with Crippen LogP contribution in [0.3, 0.4) is 0 Å². The fraction of sp³-hybridized carbons (Fsp3) is 0.667. The van der Waals surface area contributed by atoms with Crippen LogP contribution >= 0.6 is 11.6 Å². The largest absolute Gasteiger partial charge is 0.385 e. The van der Waals surface area contributed by atoms with Crippen molar-refractivity contribution in [2.24, 2.45) is 0 Å². The Morgan fingerprint density at radius 2 is 1.71 bits per heavy atom. The molecule has 0 spiro atoms. The third-order valence-corrected chi connectivity index (χ3v) is 5.25. The van der Waals surface area contributed by atoms with Crippen LogP contribution in [0.1, 0.15) is 49.7 Å². The lowest BCUT2D eigenvalue weighted by molar-refractivity contribution is 0.228. The Kier molecular flexibility index (Phi) is 5.43. The van der Waals surface area contributed by atoms with Crippen molar-refractivity contribution < 1.29 is 0 Å². The molecule has 1 aromatic carbocycles. The summed E-state index contributed by atoms with van der Waals surface area (Å²) in [6.07, 6.45) is 10.3. The maximum absolute atomic E-state index is 6.34. The second-order valence-corrected chi connectivity index (χ2v) is 6.85. The first-order valence-electron chi connectivity index (χ1n) is 8.61. The molecule has 2 aliphatic rings. The molecule has 0 radical (unpaired) electrons. The molecule has 1 N–H and O–H groups in total. The highest BCUT2D eigenvalue weighted by Gasteiger charge is 2.16. The summed E-state index contributed by atoms with van der Waals surface area (Å²) in [6, 6.07) is 4.24. The van der Waals surface area contributed by atoms with E-state index in [0.717, 1.165) is 18.0 Å². The van der Waals surface area contributed by atoms with E-state index >= 15 is 0 Å². The third-order valence-electron chi connectivity index (χ3n) is 4.89. The Balaban J connectivity index is 1.51. The first kappa shape index (κ1) is 15.2. The van der Waals surface area contributed by atoms with E-state index < -0.39 is 0 Å². The van der Waals surface area contributed by atoms with Crippen LogP contribution in [0.25, 0.3) is 0 Å². The summed E-state index contributed by atoms with van der Waals surface area (Å²) in [7, 11) is 0. The Morgan fingerprint density at radius 3 is 2.52 bits per heavy atom. The molecule has 116 valence electrons. The van der Waals surface area contributed by atoms with Gasteiger partial charge in [0.2, 0.25) is 0 Å². The summed E-state index contributed by atoms with van der Waals surface area (Å²) < 4.78 is 0. The van der Waals surface area contributed by atoms with E-state index in [0.29, 0.717) is 0 Å². The molecule has 1 aliphatic heterocycles. The number of hydrogen-bond donors (Lipinski definition) is 1. The van der Waals surface area contributed by atoms with Crippen LogP contribution in [0.4, 0.5) is 5.69 Å². The smallest absolute Gasteiger partial charge is 0.0442 e. The maximum Gasteiger partial charge on any atom is 0.0442 e. The predicted octanol–water partition coefficient (Wildman–Crippen LogP) is 4.51. The number of benzene rings is 1. The van der Waals surface area contributed by atoms with Crippen molar-refractivity contribution in [1.82, 2.24) is 4.90 Å². The summed E-state index contributed by atoms with van der Waals surface area (Å²) in [5, 5.41) is 4.62. The van der Waals surface area contributed by atoms with Gasteiger partial charge < -0.3 is 10.2 Å². The molecule has 0 unspecified atom stereocenters. The molecular formula is C18H27ClN2. The topological polar surface area (TPSA) is 15.3 Å². The zero-order chi connectivity index (χ0) is 14.5. The monoisotopic (exact) mass is 306 g/mol. The molecule has 0 aromatic heterocycles. The number of halogens is 1. The lowest BCUT2D eigenvalue weighted by Gasteiger charge is -2.26. The van der Waals surface area contributed by atoms with Gasteiger partial charge in [0.15, 0.2) is 0 Å². The normalized spacial score (nSPS) is 19.3. The Bertz CT molecular complexity index is 467. The second-order valence-electron chi connectivity index (χ2n) is 6.44. The SMILES string of the molecule is Clc1ccc(NCCCN2CCCCC2)c2c1CCCC2. The van der Waals surface area contributed by atoms with Crippen LogP contribution in [0.15, 0.2) is 12.1 Å². The first-order chi connectivity index (χ1) is 10.3. The van der Waals surface area contributed by atoms with Crippen LogP contribution in [0.2, 0.25) is 5.02 Å². The summed E-state index contributed by atoms with van der Waals surface area (Å²) in [5.41, 5.74) is 4.20. The molecule has 0 saturated carbocycles. The van der Waals surface area contributed by atoms with Gasteiger partial charge >= 0.3 is 0 Å². The quantitative estimate of drug-likeness (QED) is 0.805. The van der Waals surface area contributed by atoms with E-state index in [1.54, 1.807) is 0 Å². The summed E-state index contributed by atoms with van der Waals surface area (Å²) in [4.78, 5) is 2.61. The van der Waals surface area contributed by atoms with Gasteiger partial charge in [0.1, 0.15) is 0 Å². The molecule has 0 amide bonds. The highest BCUT2D eigenvalue weighted by molar-refractivity contribution is 6.31. The second kappa shape index (κ2) is 7.51. The minimum absolute atomic E-state index is 0.962. The Labute approximate surface area is 133 Å². The molecule has 0 bridgehead atoms. The molecule has 1 aromatic rings. The van der Waals surface area contributed by atoms with E-state index in [1.807, 2.05) is 0 Å². The third kappa shape index (κ3) is 3.92. The number of piperidine rings is 1. The summed E-state index contributed by atoms with van der Waals surface area (Å²) in [6.45, 7) is 4.92. The van der Waals surface area contributed by atoms with Crippen molar-refractivity contribution in [3.63, 3.8) is 0 Å². The molecule has 21 heavy (non-hydrogen) atoms.